The summed E-state index contributed by atoms with van der Waals surface area (Å²) in [6.07, 6.45) is 5.35. The number of aromatic nitrogens is 2. The van der Waals surface area contributed by atoms with E-state index in [4.69, 9.17) is 4.42 Å². The van der Waals surface area contributed by atoms with Gasteiger partial charge in [-0.15, -0.1) is 5.10 Å². The van der Waals surface area contributed by atoms with Crippen molar-refractivity contribution in [1.29, 1.82) is 0 Å². The number of anilines is 1. The Kier molecular flexibility index (Phi) is 3.44. The van der Waals surface area contributed by atoms with Crippen molar-refractivity contribution in [2.45, 2.75) is 49.8 Å². The Bertz CT molecular complexity index is 530. The monoisotopic (exact) mass is 286 g/mol. The van der Waals surface area contributed by atoms with Crippen molar-refractivity contribution in [1.82, 2.24) is 15.5 Å². The van der Waals surface area contributed by atoms with Crippen LogP contribution in [0.1, 0.15) is 50.5 Å². The van der Waals surface area contributed by atoms with Crippen molar-refractivity contribution in [3.05, 3.63) is 5.89 Å². The zero-order chi connectivity index (χ0) is 13.3. The SMILES string of the molecule is O=S(=O)(Nc1nnc(C2CCCN2)o1)C1CCCC1. The molecule has 1 atom stereocenters. The molecular formula is C11H18N4O3S. The molecule has 1 aromatic rings. The summed E-state index contributed by atoms with van der Waals surface area (Å²) in [4.78, 5) is 0. The second-order valence-corrected chi connectivity index (χ2v) is 7.11. The summed E-state index contributed by atoms with van der Waals surface area (Å²) >= 11 is 0. The minimum absolute atomic E-state index is 0.0180. The molecule has 1 aromatic heterocycles. The van der Waals surface area contributed by atoms with Gasteiger partial charge in [0, 0.05) is 0 Å². The minimum Gasteiger partial charge on any atom is -0.406 e. The Morgan fingerprint density at radius 3 is 2.63 bits per heavy atom. The molecule has 7 nitrogen and oxygen atoms in total. The van der Waals surface area contributed by atoms with E-state index >= 15 is 0 Å². The molecular weight excluding hydrogens is 268 g/mol. The fraction of sp³-hybridized carbons (Fsp3) is 0.818. The van der Waals surface area contributed by atoms with Gasteiger partial charge in [-0.1, -0.05) is 17.9 Å². The quantitative estimate of drug-likeness (QED) is 0.862. The van der Waals surface area contributed by atoms with Crippen LogP contribution in [0.3, 0.4) is 0 Å². The smallest absolute Gasteiger partial charge is 0.329 e. The summed E-state index contributed by atoms with van der Waals surface area (Å²) in [5, 5.41) is 10.6. The summed E-state index contributed by atoms with van der Waals surface area (Å²) in [7, 11) is -3.39. The van der Waals surface area contributed by atoms with E-state index in [9.17, 15) is 8.42 Å². The second kappa shape index (κ2) is 5.09. The molecule has 1 unspecified atom stereocenters. The standard InChI is InChI=1S/C11H18N4O3S/c16-19(17,8-4-1-2-5-8)15-11-14-13-10(18-11)9-6-3-7-12-9/h8-9,12H,1-7H2,(H,14,15). The molecule has 2 N–H and O–H groups in total. The topological polar surface area (TPSA) is 97.1 Å². The van der Waals surface area contributed by atoms with E-state index in [0.29, 0.717) is 18.7 Å². The Morgan fingerprint density at radius 2 is 1.95 bits per heavy atom. The van der Waals surface area contributed by atoms with E-state index < -0.39 is 10.0 Å². The van der Waals surface area contributed by atoms with E-state index in [1.807, 2.05) is 0 Å². The maximum atomic E-state index is 12.1. The molecule has 2 aliphatic rings. The predicted octanol–water partition coefficient (Wildman–Crippen LogP) is 1.18. The second-order valence-electron chi connectivity index (χ2n) is 5.15. The maximum absolute atomic E-state index is 12.1. The van der Waals surface area contributed by atoms with Gasteiger partial charge in [0.15, 0.2) is 0 Å². The average Bonchev–Trinajstić information content (AvgIpc) is 3.11. The highest BCUT2D eigenvalue weighted by Gasteiger charge is 2.30. The summed E-state index contributed by atoms with van der Waals surface area (Å²) in [6, 6.07) is 0.0350. The molecule has 1 saturated heterocycles. The van der Waals surface area contributed by atoms with Crippen LogP contribution in [0.4, 0.5) is 6.01 Å². The average molecular weight is 286 g/mol. The Balaban J connectivity index is 1.69. The first-order valence-corrected chi connectivity index (χ1v) is 8.28. The molecule has 19 heavy (non-hydrogen) atoms. The predicted molar refractivity (Wildman–Crippen MR) is 69.1 cm³/mol. The van der Waals surface area contributed by atoms with Gasteiger partial charge in [0.1, 0.15) is 0 Å². The van der Waals surface area contributed by atoms with E-state index in [1.54, 1.807) is 0 Å². The largest absolute Gasteiger partial charge is 0.406 e. The molecule has 1 aliphatic heterocycles. The van der Waals surface area contributed by atoms with Gasteiger partial charge < -0.3 is 9.73 Å². The molecule has 2 fully saturated rings. The zero-order valence-corrected chi connectivity index (χ0v) is 11.4. The van der Waals surface area contributed by atoms with Gasteiger partial charge in [0.05, 0.1) is 11.3 Å². The van der Waals surface area contributed by atoms with Gasteiger partial charge in [-0.3, -0.25) is 0 Å². The van der Waals surface area contributed by atoms with Crippen LogP contribution >= 0.6 is 0 Å². The van der Waals surface area contributed by atoms with Crippen molar-refractivity contribution >= 4 is 16.0 Å². The van der Waals surface area contributed by atoms with Crippen LogP contribution in [0.15, 0.2) is 4.42 Å². The van der Waals surface area contributed by atoms with E-state index in [1.165, 1.54) is 0 Å². The third-order valence-electron chi connectivity index (χ3n) is 3.77. The van der Waals surface area contributed by atoms with Gasteiger partial charge in [-0.2, -0.15) is 0 Å². The van der Waals surface area contributed by atoms with Gasteiger partial charge in [0.25, 0.3) is 0 Å². The lowest BCUT2D eigenvalue weighted by atomic mass is 10.2. The molecule has 0 aromatic carbocycles. The third-order valence-corrected chi connectivity index (χ3v) is 5.58. The molecule has 0 radical (unpaired) electrons. The van der Waals surface area contributed by atoms with Crippen molar-refractivity contribution in [3.63, 3.8) is 0 Å². The Morgan fingerprint density at radius 1 is 1.16 bits per heavy atom. The van der Waals surface area contributed by atoms with E-state index in [2.05, 4.69) is 20.2 Å². The molecule has 0 spiro atoms. The number of hydrogen-bond acceptors (Lipinski definition) is 6. The van der Waals surface area contributed by atoms with Crippen LogP contribution in [0, 0.1) is 0 Å². The van der Waals surface area contributed by atoms with E-state index in [-0.39, 0.29) is 17.3 Å². The van der Waals surface area contributed by atoms with Crippen molar-refractivity contribution in [2.24, 2.45) is 0 Å². The molecule has 1 saturated carbocycles. The highest BCUT2D eigenvalue weighted by molar-refractivity contribution is 7.93. The molecule has 106 valence electrons. The van der Waals surface area contributed by atoms with Gasteiger partial charge in [0.2, 0.25) is 15.9 Å². The summed E-state index contributed by atoms with van der Waals surface area (Å²) in [6.45, 7) is 0.927. The molecule has 0 bridgehead atoms. The highest BCUT2D eigenvalue weighted by Crippen LogP contribution is 2.27. The first-order chi connectivity index (χ1) is 9.15. The normalized spacial score (nSPS) is 24.9. The minimum atomic E-state index is -3.39. The van der Waals surface area contributed by atoms with E-state index in [0.717, 1.165) is 32.2 Å². The van der Waals surface area contributed by atoms with Crippen LogP contribution in [0.25, 0.3) is 0 Å². The fourth-order valence-electron chi connectivity index (χ4n) is 2.72. The van der Waals surface area contributed by atoms with Gasteiger partial charge >= 0.3 is 6.01 Å². The zero-order valence-electron chi connectivity index (χ0n) is 10.6. The first-order valence-electron chi connectivity index (χ1n) is 6.73. The summed E-state index contributed by atoms with van der Waals surface area (Å²) in [5.41, 5.74) is 0. The molecule has 0 amide bonds. The lowest BCUT2D eigenvalue weighted by molar-refractivity contribution is 0.439. The third kappa shape index (κ3) is 2.74. The number of sulfonamides is 1. The number of nitrogens with zero attached hydrogens (tertiary/aromatic N) is 2. The lowest BCUT2D eigenvalue weighted by Gasteiger charge is -2.10. The number of nitrogens with one attached hydrogen (secondary N) is 2. The lowest BCUT2D eigenvalue weighted by Crippen LogP contribution is -2.25. The summed E-state index contributed by atoms with van der Waals surface area (Å²) in [5.74, 6) is 0.460. The van der Waals surface area contributed by atoms with Crippen molar-refractivity contribution in [2.75, 3.05) is 11.3 Å². The van der Waals surface area contributed by atoms with Crippen LogP contribution in [-0.2, 0) is 10.0 Å². The first kappa shape index (κ1) is 12.9. The highest BCUT2D eigenvalue weighted by atomic mass is 32.2. The molecule has 8 heteroatoms. The van der Waals surface area contributed by atoms with Crippen molar-refractivity contribution in [3.8, 4) is 0 Å². The fourth-order valence-corrected chi connectivity index (χ4v) is 4.16. The van der Waals surface area contributed by atoms with Crippen LogP contribution in [-0.4, -0.2) is 30.4 Å². The molecule has 2 heterocycles. The summed E-state index contributed by atoms with van der Waals surface area (Å²) < 4.78 is 32.0. The Hall–Kier alpha value is -1.15. The van der Waals surface area contributed by atoms with Crippen molar-refractivity contribution < 1.29 is 12.8 Å². The number of rotatable bonds is 4. The molecule has 1 aliphatic carbocycles. The van der Waals surface area contributed by atoms with Crippen LogP contribution in [0.2, 0.25) is 0 Å². The molecule has 3 rings (SSSR count). The van der Waals surface area contributed by atoms with Gasteiger partial charge in [-0.25, -0.2) is 13.1 Å². The van der Waals surface area contributed by atoms with Gasteiger partial charge in [-0.05, 0) is 32.2 Å². The number of hydrogen-bond donors (Lipinski definition) is 2. The van der Waals surface area contributed by atoms with Crippen LogP contribution < -0.4 is 10.0 Å². The maximum Gasteiger partial charge on any atom is 0.329 e. The van der Waals surface area contributed by atoms with Crippen LogP contribution in [0.5, 0.6) is 0 Å². The Labute approximate surface area is 112 Å².